The number of nitrogens with zero attached hydrogens (tertiary/aromatic N) is 2. The van der Waals surface area contributed by atoms with Crippen LogP contribution in [0.3, 0.4) is 0 Å². The smallest absolute Gasteiger partial charge is 0.416 e. The van der Waals surface area contributed by atoms with E-state index in [-0.39, 0.29) is 30.6 Å². The number of alkyl halides is 3. The molecule has 9 heteroatoms. The first-order chi connectivity index (χ1) is 13.3. The Kier molecular flexibility index (Phi) is 4.37. The molecule has 0 unspecified atom stereocenters. The number of rotatable bonds is 4. The number of hydrogen-bond acceptors (Lipinski definition) is 5. The summed E-state index contributed by atoms with van der Waals surface area (Å²) in [7, 11) is 1.51. The predicted molar refractivity (Wildman–Crippen MR) is 92.3 cm³/mol. The Bertz CT molecular complexity index is 1030. The number of benzene rings is 1. The second-order valence-corrected chi connectivity index (χ2v) is 6.32. The number of furan rings is 1. The van der Waals surface area contributed by atoms with Crippen molar-refractivity contribution >= 4 is 16.9 Å². The number of methoxy groups -OCH3 is 1. The van der Waals surface area contributed by atoms with Crippen LogP contribution in [0.25, 0.3) is 11.0 Å². The van der Waals surface area contributed by atoms with Crippen LogP contribution in [0.4, 0.5) is 13.2 Å². The topological polar surface area (TPSA) is 64.8 Å². The fourth-order valence-corrected chi connectivity index (χ4v) is 2.96. The van der Waals surface area contributed by atoms with E-state index in [4.69, 9.17) is 13.9 Å². The lowest BCUT2D eigenvalue weighted by atomic mass is 10.1. The molecule has 0 bridgehead atoms. The summed E-state index contributed by atoms with van der Waals surface area (Å²) in [4.78, 5) is 17.8. The third kappa shape index (κ3) is 3.35. The van der Waals surface area contributed by atoms with Crippen molar-refractivity contribution < 1.29 is 31.9 Å². The van der Waals surface area contributed by atoms with Crippen molar-refractivity contribution in [2.24, 2.45) is 0 Å². The molecule has 0 spiro atoms. The van der Waals surface area contributed by atoms with Crippen molar-refractivity contribution in [1.82, 2.24) is 9.88 Å². The highest BCUT2D eigenvalue weighted by Gasteiger charge is 2.36. The lowest BCUT2D eigenvalue weighted by molar-refractivity contribution is -0.137. The van der Waals surface area contributed by atoms with Crippen LogP contribution in [-0.4, -0.2) is 42.1 Å². The molecule has 1 aromatic carbocycles. The quantitative estimate of drug-likeness (QED) is 0.677. The number of pyridine rings is 1. The molecular formula is C19H15F3N2O4. The van der Waals surface area contributed by atoms with Gasteiger partial charge in [0, 0.05) is 17.6 Å². The van der Waals surface area contributed by atoms with Gasteiger partial charge in [0.1, 0.15) is 6.10 Å². The van der Waals surface area contributed by atoms with Gasteiger partial charge in [0.05, 0.1) is 25.8 Å². The lowest BCUT2D eigenvalue weighted by Crippen LogP contribution is -2.56. The maximum Gasteiger partial charge on any atom is 0.416 e. The van der Waals surface area contributed by atoms with E-state index >= 15 is 0 Å². The molecule has 2 aromatic heterocycles. The van der Waals surface area contributed by atoms with Crippen LogP contribution in [0.15, 0.2) is 47.0 Å². The third-order valence-electron chi connectivity index (χ3n) is 4.42. The van der Waals surface area contributed by atoms with Crippen LogP contribution < -0.4 is 9.47 Å². The number of para-hydroxylation sites is 1. The Labute approximate surface area is 157 Å². The molecule has 1 saturated heterocycles. The van der Waals surface area contributed by atoms with Crippen LogP contribution in [0.1, 0.15) is 16.1 Å². The number of fused-ring (bicyclic) bond motifs is 1. The normalized spacial score (nSPS) is 14.8. The van der Waals surface area contributed by atoms with E-state index in [0.29, 0.717) is 11.3 Å². The molecule has 1 aliphatic rings. The number of carbonyl (C=O) groups excluding carboxylic acids is 1. The number of aromatic nitrogens is 1. The van der Waals surface area contributed by atoms with Crippen molar-refractivity contribution in [2.75, 3.05) is 20.2 Å². The second-order valence-electron chi connectivity index (χ2n) is 6.32. The molecule has 0 aliphatic carbocycles. The predicted octanol–water partition coefficient (Wildman–Crippen LogP) is 3.76. The first-order valence-electron chi connectivity index (χ1n) is 8.41. The average molecular weight is 392 g/mol. The maximum atomic E-state index is 12.7. The van der Waals surface area contributed by atoms with Gasteiger partial charge in [-0.2, -0.15) is 13.2 Å². The standard InChI is InChI=1S/C19H15F3N2O4/c1-26-14-4-2-3-11-7-15(28-17(11)14)18(25)24-9-13(10-24)27-16-8-12(5-6-23-16)19(20,21)22/h2-8,13H,9-10H2,1H3. The fourth-order valence-electron chi connectivity index (χ4n) is 2.96. The van der Waals surface area contributed by atoms with Crippen LogP contribution in [-0.2, 0) is 6.18 Å². The molecule has 0 radical (unpaired) electrons. The van der Waals surface area contributed by atoms with Crippen LogP contribution >= 0.6 is 0 Å². The van der Waals surface area contributed by atoms with E-state index < -0.39 is 17.8 Å². The lowest BCUT2D eigenvalue weighted by Gasteiger charge is -2.38. The van der Waals surface area contributed by atoms with Crippen molar-refractivity contribution in [3.05, 3.63) is 53.9 Å². The molecule has 1 amide bonds. The molecule has 0 N–H and O–H groups in total. The number of amides is 1. The summed E-state index contributed by atoms with van der Waals surface area (Å²) < 4.78 is 54.5. The second kappa shape index (κ2) is 6.74. The van der Waals surface area contributed by atoms with Crippen molar-refractivity contribution in [2.45, 2.75) is 12.3 Å². The Balaban J connectivity index is 1.41. The number of ether oxygens (including phenoxy) is 2. The van der Waals surface area contributed by atoms with Gasteiger partial charge in [-0.25, -0.2) is 4.98 Å². The summed E-state index contributed by atoms with van der Waals surface area (Å²) >= 11 is 0. The fraction of sp³-hybridized carbons (Fsp3) is 0.263. The van der Waals surface area contributed by atoms with E-state index in [1.807, 2.05) is 0 Å². The van der Waals surface area contributed by atoms with Crippen LogP contribution in [0.5, 0.6) is 11.6 Å². The zero-order chi connectivity index (χ0) is 19.9. The number of hydrogen-bond donors (Lipinski definition) is 0. The van der Waals surface area contributed by atoms with Gasteiger partial charge in [0.2, 0.25) is 5.88 Å². The van der Waals surface area contributed by atoms with Gasteiger partial charge < -0.3 is 18.8 Å². The van der Waals surface area contributed by atoms with Crippen molar-refractivity contribution in [3.8, 4) is 11.6 Å². The Morgan fingerprint density at radius 1 is 1.25 bits per heavy atom. The average Bonchev–Trinajstić information content (AvgIpc) is 3.07. The van der Waals surface area contributed by atoms with Gasteiger partial charge in [-0.1, -0.05) is 12.1 Å². The van der Waals surface area contributed by atoms with Gasteiger partial charge in [-0.05, 0) is 18.2 Å². The summed E-state index contributed by atoms with van der Waals surface area (Å²) in [6, 6.07) is 8.67. The molecule has 3 heterocycles. The van der Waals surface area contributed by atoms with E-state index in [1.54, 1.807) is 24.3 Å². The Morgan fingerprint density at radius 3 is 2.75 bits per heavy atom. The molecule has 0 saturated carbocycles. The SMILES string of the molecule is COc1cccc2cc(C(=O)N3CC(Oc4cc(C(F)(F)F)ccn4)C3)oc12. The van der Waals surface area contributed by atoms with E-state index in [0.717, 1.165) is 23.7 Å². The first-order valence-corrected chi connectivity index (χ1v) is 8.41. The molecule has 6 nitrogen and oxygen atoms in total. The molecule has 3 aromatic rings. The summed E-state index contributed by atoms with van der Waals surface area (Å²) in [6.45, 7) is 0.454. The third-order valence-corrected chi connectivity index (χ3v) is 4.42. The van der Waals surface area contributed by atoms with Gasteiger partial charge in [0.15, 0.2) is 17.1 Å². The maximum absolute atomic E-state index is 12.7. The van der Waals surface area contributed by atoms with Crippen molar-refractivity contribution in [1.29, 1.82) is 0 Å². The largest absolute Gasteiger partial charge is 0.493 e. The molecular weight excluding hydrogens is 377 g/mol. The summed E-state index contributed by atoms with van der Waals surface area (Å²) in [5, 5.41) is 0.740. The van der Waals surface area contributed by atoms with E-state index in [2.05, 4.69) is 4.98 Å². The highest BCUT2D eigenvalue weighted by molar-refractivity contribution is 5.97. The first kappa shape index (κ1) is 18.1. The zero-order valence-electron chi connectivity index (χ0n) is 14.7. The van der Waals surface area contributed by atoms with Gasteiger partial charge in [-0.15, -0.1) is 0 Å². The Hall–Kier alpha value is -3.23. The summed E-state index contributed by atoms with van der Waals surface area (Å²) in [5.74, 6) is 0.239. The number of likely N-dealkylation sites (tertiary alicyclic amines) is 1. The number of carbonyl (C=O) groups is 1. The molecule has 1 aliphatic heterocycles. The molecule has 0 atom stereocenters. The monoisotopic (exact) mass is 392 g/mol. The summed E-state index contributed by atoms with van der Waals surface area (Å²) in [6.07, 6.45) is -3.86. The minimum Gasteiger partial charge on any atom is -0.493 e. The molecule has 146 valence electrons. The minimum absolute atomic E-state index is 0.125. The van der Waals surface area contributed by atoms with Crippen molar-refractivity contribution in [3.63, 3.8) is 0 Å². The highest BCUT2D eigenvalue weighted by atomic mass is 19.4. The molecule has 28 heavy (non-hydrogen) atoms. The molecule has 1 fully saturated rings. The van der Waals surface area contributed by atoms with Gasteiger partial charge >= 0.3 is 6.18 Å². The van der Waals surface area contributed by atoms with Gasteiger partial charge in [-0.3, -0.25) is 4.79 Å². The number of halogens is 3. The van der Waals surface area contributed by atoms with Gasteiger partial charge in [0.25, 0.3) is 5.91 Å². The van der Waals surface area contributed by atoms with Crippen LogP contribution in [0.2, 0.25) is 0 Å². The zero-order valence-corrected chi connectivity index (χ0v) is 14.7. The van der Waals surface area contributed by atoms with E-state index in [1.165, 1.54) is 12.0 Å². The molecule has 4 rings (SSSR count). The Morgan fingerprint density at radius 2 is 2.04 bits per heavy atom. The minimum atomic E-state index is -4.47. The van der Waals surface area contributed by atoms with E-state index in [9.17, 15) is 18.0 Å². The summed E-state index contributed by atoms with van der Waals surface area (Å²) in [5.41, 5.74) is -0.351. The highest BCUT2D eigenvalue weighted by Crippen LogP contribution is 2.32. The van der Waals surface area contributed by atoms with Crippen LogP contribution in [0, 0.1) is 0 Å².